The van der Waals surface area contributed by atoms with Crippen LogP contribution >= 0.6 is 0 Å². The minimum atomic E-state index is -0.145. The van der Waals surface area contributed by atoms with Crippen molar-refractivity contribution < 1.29 is 14.3 Å². The third-order valence-corrected chi connectivity index (χ3v) is 14.2. The van der Waals surface area contributed by atoms with E-state index in [0.29, 0.717) is 29.6 Å². The van der Waals surface area contributed by atoms with E-state index in [4.69, 9.17) is 9.47 Å². The summed E-state index contributed by atoms with van der Waals surface area (Å²) in [5.41, 5.74) is 5.94. The highest BCUT2D eigenvalue weighted by molar-refractivity contribution is 5.79. The second-order valence-electron chi connectivity index (χ2n) is 15.8. The molecule has 0 spiro atoms. The van der Waals surface area contributed by atoms with Gasteiger partial charge >= 0.3 is 6.09 Å². The predicted molar refractivity (Wildman–Crippen MR) is 175 cm³/mol. The highest BCUT2D eigenvalue weighted by Crippen LogP contribution is 2.66. The lowest BCUT2D eigenvalue weighted by Crippen LogP contribution is -2.58. The molecule has 2 aromatic carbocycles. The summed E-state index contributed by atoms with van der Waals surface area (Å²) in [5, 5.41) is 0. The Labute approximate surface area is 264 Å². The van der Waals surface area contributed by atoms with Crippen LogP contribution in [0.1, 0.15) is 88.7 Å². The van der Waals surface area contributed by atoms with Crippen LogP contribution in [0.15, 0.2) is 48.5 Å². The van der Waals surface area contributed by atoms with Crippen molar-refractivity contribution >= 4 is 6.09 Å². The van der Waals surface area contributed by atoms with Crippen molar-refractivity contribution in [2.24, 2.45) is 34.5 Å². The molecule has 0 radical (unpaired) electrons. The predicted octanol–water partition coefficient (Wildman–Crippen LogP) is 7.98. The SMILES string of the molecule is CO[C@H]1CCC2C3CCC4CC[C@@H](N5CCN(C(=O)OCC6c7ccccc7-c7ccccc76)CC5)C[C@]4(C)C3CC[C@@]21C. The largest absolute Gasteiger partial charge is 0.448 e. The average molecular weight is 597 g/mol. The number of hydrogen-bond acceptors (Lipinski definition) is 4. The molecule has 1 aliphatic heterocycles. The van der Waals surface area contributed by atoms with Gasteiger partial charge in [-0.3, -0.25) is 4.90 Å². The highest BCUT2D eigenvalue weighted by atomic mass is 16.6. The van der Waals surface area contributed by atoms with Crippen molar-refractivity contribution in [2.45, 2.75) is 89.7 Å². The molecule has 8 rings (SSSR count). The molecular weight excluding hydrogens is 544 g/mol. The van der Waals surface area contributed by atoms with Gasteiger partial charge in [-0.15, -0.1) is 0 Å². The summed E-state index contributed by atoms with van der Waals surface area (Å²) in [4.78, 5) is 18.0. The number of rotatable bonds is 4. The molecule has 236 valence electrons. The number of fused-ring (bicyclic) bond motifs is 8. The van der Waals surface area contributed by atoms with E-state index in [1.54, 1.807) is 0 Å². The first-order valence-corrected chi connectivity index (χ1v) is 17.8. The van der Waals surface area contributed by atoms with E-state index >= 15 is 0 Å². The number of amides is 1. The number of carbonyl (C=O) groups is 1. The summed E-state index contributed by atoms with van der Waals surface area (Å²) in [6, 6.07) is 17.8. The number of nitrogens with zero attached hydrogens (tertiary/aromatic N) is 2. The maximum atomic E-state index is 13.3. The van der Waals surface area contributed by atoms with Crippen LogP contribution in [0.2, 0.25) is 0 Å². The van der Waals surface area contributed by atoms with E-state index in [1.807, 2.05) is 12.0 Å². The van der Waals surface area contributed by atoms with Gasteiger partial charge in [-0.25, -0.2) is 4.79 Å². The van der Waals surface area contributed by atoms with Gasteiger partial charge in [0.15, 0.2) is 0 Å². The van der Waals surface area contributed by atoms with Crippen LogP contribution in [0, 0.1) is 34.5 Å². The maximum Gasteiger partial charge on any atom is 0.409 e. The lowest BCUT2D eigenvalue weighted by molar-refractivity contribution is -0.136. The first-order chi connectivity index (χ1) is 21.4. The maximum absolute atomic E-state index is 13.3. The average Bonchev–Trinajstić information content (AvgIpc) is 3.57. The summed E-state index contributed by atoms with van der Waals surface area (Å²) in [7, 11) is 1.95. The number of hydrogen-bond donors (Lipinski definition) is 0. The van der Waals surface area contributed by atoms with Gasteiger partial charge in [0.05, 0.1) is 6.10 Å². The van der Waals surface area contributed by atoms with Gasteiger partial charge in [0.25, 0.3) is 0 Å². The zero-order valence-corrected chi connectivity index (χ0v) is 27.2. The van der Waals surface area contributed by atoms with Crippen LogP contribution in [-0.2, 0) is 9.47 Å². The molecule has 44 heavy (non-hydrogen) atoms. The molecule has 0 aromatic heterocycles. The van der Waals surface area contributed by atoms with Gasteiger partial charge in [0.1, 0.15) is 6.61 Å². The lowest BCUT2D eigenvalue weighted by Gasteiger charge is -2.62. The number of methoxy groups -OCH3 is 1. The van der Waals surface area contributed by atoms with Crippen LogP contribution in [-0.4, -0.2) is 67.9 Å². The van der Waals surface area contributed by atoms with Gasteiger partial charge in [-0.05, 0) is 115 Å². The minimum absolute atomic E-state index is 0.116. The normalized spacial score (nSPS) is 38.3. The Morgan fingerprint density at radius 1 is 0.795 bits per heavy atom. The smallest absolute Gasteiger partial charge is 0.409 e. The third-order valence-electron chi connectivity index (χ3n) is 14.2. The Morgan fingerprint density at radius 2 is 1.45 bits per heavy atom. The number of carbonyl (C=O) groups excluding carboxylic acids is 1. The number of piperazine rings is 1. The van der Waals surface area contributed by atoms with Crippen LogP contribution in [0.25, 0.3) is 11.1 Å². The molecule has 6 aliphatic rings. The summed E-state index contributed by atoms with van der Waals surface area (Å²) in [6.07, 6.45) is 12.6. The Balaban J connectivity index is 0.885. The van der Waals surface area contributed by atoms with Crippen molar-refractivity contribution in [3.05, 3.63) is 59.7 Å². The molecule has 1 saturated heterocycles. The summed E-state index contributed by atoms with van der Waals surface area (Å²) < 4.78 is 12.1. The Hall–Kier alpha value is -2.37. The van der Waals surface area contributed by atoms with E-state index < -0.39 is 0 Å². The second-order valence-corrected chi connectivity index (χ2v) is 15.8. The van der Waals surface area contributed by atoms with Gasteiger partial charge < -0.3 is 14.4 Å². The topological polar surface area (TPSA) is 42.0 Å². The molecular formula is C39H52N2O3. The first kappa shape index (κ1) is 29.1. The van der Waals surface area contributed by atoms with Crippen molar-refractivity contribution in [1.29, 1.82) is 0 Å². The van der Waals surface area contributed by atoms with Crippen LogP contribution in [0.4, 0.5) is 4.79 Å². The quantitative estimate of drug-likeness (QED) is 0.359. The fourth-order valence-corrected chi connectivity index (χ4v) is 11.9. The van der Waals surface area contributed by atoms with Crippen molar-refractivity contribution in [1.82, 2.24) is 9.80 Å². The van der Waals surface area contributed by atoms with E-state index in [1.165, 1.54) is 80.0 Å². The van der Waals surface area contributed by atoms with Crippen molar-refractivity contribution in [3.8, 4) is 11.1 Å². The molecule has 4 saturated carbocycles. The molecule has 5 aliphatic carbocycles. The lowest BCUT2D eigenvalue weighted by atomic mass is 9.45. The molecule has 4 unspecified atom stereocenters. The van der Waals surface area contributed by atoms with Crippen LogP contribution < -0.4 is 0 Å². The fourth-order valence-electron chi connectivity index (χ4n) is 11.9. The Morgan fingerprint density at radius 3 is 2.16 bits per heavy atom. The van der Waals surface area contributed by atoms with E-state index in [9.17, 15) is 4.79 Å². The summed E-state index contributed by atoms with van der Waals surface area (Å²) >= 11 is 0. The number of benzene rings is 2. The molecule has 1 amide bonds. The minimum Gasteiger partial charge on any atom is -0.448 e. The fraction of sp³-hybridized carbons (Fsp3) is 0.667. The van der Waals surface area contributed by atoms with Crippen molar-refractivity contribution in [2.75, 3.05) is 39.9 Å². The molecule has 5 fully saturated rings. The first-order valence-electron chi connectivity index (χ1n) is 17.8. The molecule has 8 atom stereocenters. The zero-order chi connectivity index (χ0) is 30.1. The third kappa shape index (κ3) is 4.50. The monoisotopic (exact) mass is 596 g/mol. The second kappa shape index (κ2) is 11.2. The molecule has 2 aromatic rings. The van der Waals surface area contributed by atoms with E-state index in [0.717, 1.165) is 49.9 Å². The van der Waals surface area contributed by atoms with Crippen LogP contribution in [0.3, 0.4) is 0 Å². The molecule has 5 nitrogen and oxygen atoms in total. The van der Waals surface area contributed by atoms with Gasteiger partial charge in [0.2, 0.25) is 0 Å². The number of ether oxygens (including phenoxy) is 2. The molecule has 5 heteroatoms. The van der Waals surface area contributed by atoms with E-state index in [-0.39, 0.29) is 12.0 Å². The Kier molecular flexibility index (Phi) is 7.37. The van der Waals surface area contributed by atoms with Gasteiger partial charge in [0, 0.05) is 45.2 Å². The molecule has 1 heterocycles. The van der Waals surface area contributed by atoms with E-state index in [2.05, 4.69) is 67.3 Å². The van der Waals surface area contributed by atoms with Gasteiger partial charge in [-0.2, -0.15) is 0 Å². The summed E-state index contributed by atoms with van der Waals surface area (Å²) in [6.45, 7) is 9.15. The molecule has 0 bridgehead atoms. The summed E-state index contributed by atoms with van der Waals surface area (Å²) in [5.74, 6) is 3.63. The zero-order valence-electron chi connectivity index (χ0n) is 27.2. The molecule has 0 N–H and O–H groups in total. The highest BCUT2D eigenvalue weighted by Gasteiger charge is 2.60. The van der Waals surface area contributed by atoms with Gasteiger partial charge in [-0.1, -0.05) is 62.4 Å². The Bertz CT molecular complexity index is 1340. The van der Waals surface area contributed by atoms with Crippen LogP contribution in [0.5, 0.6) is 0 Å². The standard InChI is InChI=1S/C39H52N2O3/c1-38-19-18-35-32(34(38)16-17-36(38)43-3)15-13-26-12-14-27(24-39(26,35)2)40-20-22-41(23-21-40)37(42)44-25-33-30-10-6-4-8-28(30)29-9-5-7-11-31(29)33/h4-11,26-27,32-36H,12-25H2,1-3H3/t26?,27-,32?,34?,35?,36+,38+,39+/m1/s1. The van der Waals surface area contributed by atoms with Crippen molar-refractivity contribution in [3.63, 3.8) is 0 Å².